The van der Waals surface area contributed by atoms with E-state index in [1.54, 1.807) is 39.1 Å². The molecule has 3 rings (SSSR count). The van der Waals surface area contributed by atoms with E-state index in [0.717, 1.165) is 6.26 Å². The Hall–Kier alpha value is -2.33. The number of likely N-dealkylation sites (N-methyl/N-ethyl adjacent to an activating group) is 1. The van der Waals surface area contributed by atoms with E-state index in [0.29, 0.717) is 17.1 Å². The van der Waals surface area contributed by atoms with Crippen LogP contribution in [0.3, 0.4) is 0 Å². The van der Waals surface area contributed by atoms with Gasteiger partial charge in [0.25, 0.3) is 16.0 Å². The van der Waals surface area contributed by atoms with Crippen LogP contribution in [0.2, 0.25) is 0 Å². The van der Waals surface area contributed by atoms with E-state index in [1.807, 2.05) is 0 Å². The lowest BCUT2D eigenvalue weighted by atomic mass is 10.1. The minimum absolute atomic E-state index is 0.171. The second-order valence-electron chi connectivity index (χ2n) is 5.97. The lowest BCUT2D eigenvalue weighted by Crippen LogP contribution is -2.42. The average Bonchev–Trinajstić information content (AvgIpc) is 2.77. The van der Waals surface area contributed by atoms with Crippen LogP contribution in [0.5, 0.6) is 5.75 Å². The van der Waals surface area contributed by atoms with Gasteiger partial charge in [0.2, 0.25) is 6.29 Å². The lowest BCUT2D eigenvalue weighted by molar-refractivity contribution is -0.125. The topological polar surface area (TPSA) is 102 Å². The van der Waals surface area contributed by atoms with Crippen LogP contribution in [-0.4, -0.2) is 52.2 Å². The molecule has 2 heterocycles. The molecule has 136 valence electrons. The first-order chi connectivity index (χ1) is 11.6. The van der Waals surface area contributed by atoms with Crippen LogP contribution in [0, 0.1) is 0 Å². The molecule has 25 heavy (non-hydrogen) atoms. The molecular weight excluding hydrogens is 352 g/mol. The summed E-state index contributed by atoms with van der Waals surface area (Å²) in [5, 5.41) is 0. The Morgan fingerprint density at radius 3 is 2.48 bits per heavy atom. The smallest absolute Gasteiger partial charge is 0.417 e. The van der Waals surface area contributed by atoms with Gasteiger partial charge in [0.15, 0.2) is 6.10 Å². The summed E-state index contributed by atoms with van der Waals surface area (Å²) < 4.78 is 38.0. The van der Waals surface area contributed by atoms with E-state index in [-0.39, 0.29) is 5.91 Å². The maximum Gasteiger partial charge on any atom is 0.417 e. The Labute approximate surface area is 145 Å². The fraction of sp³-hybridized carbons (Fsp3) is 0.467. The molecule has 2 aliphatic rings. The van der Waals surface area contributed by atoms with Gasteiger partial charge in [-0.1, -0.05) is 0 Å². The molecule has 2 unspecified atom stereocenters. The molecule has 2 aliphatic heterocycles. The number of benzene rings is 1. The number of anilines is 2. The predicted molar refractivity (Wildman–Crippen MR) is 88.1 cm³/mol. The minimum atomic E-state index is -3.78. The molecular formula is C15H18N2O7S. The van der Waals surface area contributed by atoms with Crippen LogP contribution in [0.4, 0.5) is 16.2 Å². The highest BCUT2D eigenvalue weighted by Gasteiger charge is 2.43. The Bertz CT molecular complexity index is 838. The third kappa shape index (κ3) is 3.14. The number of ether oxygens (including phenoxy) is 2. The van der Waals surface area contributed by atoms with E-state index >= 15 is 0 Å². The first-order valence-electron chi connectivity index (χ1n) is 7.55. The van der Waals surface area contributed by atoms with Crippen molar-refractivity contribution in [2.75, 3.05) is 23.1 Å². The highest BCUT2D eigenvalue weighted by atomic mass is 32.2. The largest absolute Gasteiger partial charge is 0.479 e. The third-order valence-electron chi connectivity index (χ3n) is 4.05. The molecule has 0 aromatic heterocycles. The van der Waals surface area contributed by atoms with E-state index in [4.69, 9.17) is 13.7 Å². The maximum atomic E-state index is 12.2. The lowest BCUT2D eigenvalue weighted by Gasteiger charge is -2.31. The third-order valence-corrected chi connectivity index (χ3v) is 4.59. The molecule has 0 N–H and O–H groups in total. The van der Waals surface area contributed by atoms with Crippen molar-refractivity contribution in [3.05, 3.63) is 18.2 Å². The van der Waals surface area contributed by atoms with Crippen LogP contribution < -0.4 is 14.5 Å². The van der Waals surface area contributed by atoms with Crippen molar-refractivity contribution in [1.29, 1.82) is 0 Å². The highest BCUT2D eigenvalue weighted by Crippen LogP contribution is 2.38. The van der Waals surface area contributed by atoms with Crippen LogP contribution in [0.15, 0.2) is 18.2 Å². The summed E-state index contributed by atoms with van der Waals surface area (Å²) in [6, 6.07) is 4.22. The van der Waals surface area contributed by atoms with Crippen LogP contribution in [0.1, 0.15) is 13.8 Å². The molecule has 10 heteroatoms. The fourth-order valence-electron chi connectivity index (χ4n) is 2.81. The van der Waals surface area contributed by atoms with Gasteiger partial charge in [-0.05, 0) is 26.0 Å². The molecule has 0 spiro atoms. The number of amides is 2. The average molecular weight is 370 g/mol. The minimum Gasteiger partial charge on any atom is -0.479 e. The zero-order valence-electron chi connectivity index (χ0n) is 14.1. The van der Waals surface area contributed by atoms with Crippen molar-refractivity contribution >= 4 is 33.5 Å². The van der Waals surface area contributed by atoms with Gasteiger partial charge in [-0.2, -0.15) is 8.42 Å². The molecule has 0 saturated carbocycles. The Balaban J connectivity index is 1.91. The van der Waals surface area contributed by atoms with Crippen LogP contribution in [0.25, 0.3) is 0 Å². The standard InChI is InChI=1S/C15H18N2O7S/c1-8-14(24-25(4,20)21)23-15(19)17(8)10-5-6-11-12(7-10)22-9(2)13(18)16(11)3/h5-9,14H,1-4H3/t8?,9?,14-/m1/s1. The van der Waals surface area contributed by atoms with Crippen molar-refractivity contribution in [2.45, 2.75) is 32.3 Å². The number of carbonyl (C=O) groups excluding carboxylic acids is 2. The summed E-state index contributed by atoms with van der Waals surface area (Å²) in [5.41, 5.74) is 1.03. The molecule has 1 saturated heterocycles. The fourth-order valence-corrected chi connectivity index (χ4v) is 3.36. The van der Waals surface area contributed by atoms with Crippen molar-refractivity contribution in [3.8, 4) is 5.75 Å². The van der Waals surface area contributed by atoms with E-state index < -0.39 is 34.6 Å². The molecule has 9 nitrogen and oxygen atoms in total. The summed E-state index contributed by atoms with van der Waals surface area (Å²) in [4.78, 5) is 26.9. The van der Waals surface area contributed by atoms with Gasteiger partial charge in [-0.15, -0.1) is 0 Å². The highest BCUT2D eigenvalue weighted by molar-refractivity contribution is 7.86. The number of fused-ring (bicyclic) bond motifs is 1. The number of nitrogens with zero attached hydrogens (tertiary/aromatic N) is 2. The summed E-state index contributed by atoms with van der Waals surface area (Å²) in [7, 11) is -2.14. The van der Waals surface area contributed by atoms with Gasteiger partial charge in [-0.25, -0.2) is 8.98 Å². The second-order valence-corrected chi connectivity index (χ2v) is 7.57. The van der Waals surface area contributed by atoms with Gasteiger partial charge in [-0.3, -0.25) is 9.69 Å². The Morgan fingerprint density at radius 1 is 1.16 bits per heavy atom. The zero-order chi connectivity index (χ0) is 18.5. The molecule has 1 aromatic carbocycles. The summed E-state index contributed by atoms with van der Waals surface area (Å²) >= 11 is 0. The summed E-state index contributed by atoms with van der Waals surface area (Å²) in [5.74, 6) is 0.274. The van der Waals surface area contributed by atoms with E-state index in [1.165, 1.54) is 9.80 Å². The van der Waals surface area contributed by atoms with Crippen LogP contribution in [-0.2, 0) is 23.8 Å². The number of cyclic esters (lactones) is 1. The van der Waals surface area contributed by atoms with Gasteiger partial charge in [0.05, 0.1) is 17.6 Å². The first-order valence-corrected chi connectivity index (χ1v) is 9.36. The Kier molecular flexibility index (Phi) is 4.12. The molecule has 0 aliphatic carbocycles. The molecule has 3 atom stereocenters. The molecule has 1 fully saturated rings. The van der Waals surface area contributed by atoms with Gasteiger partial charge in [0.1, 0.15) is 11.8 Å². The SMILES string of the molecule is CC1Oc2cc(N3C(=O)O[C@H](OS(C)(=O)=O)C3C)ccc2N(C)C1=O. The number of carbonyl (C=O) groups is 2. The summed E-state index contributed by atoms with van der Waals surface area (Å²) in [6.07, 6.45) is -1.72. The van der Waals surface area contributed by atoms with Crippen molar-refractivity contribution in [1.82, 2.24) is 0 Å². The van der Waals surface area contributed by atoms with Gasteiger partial charge in [0, 0.05) is 13.1 Å². The van der Waals surface area contributed by atoms with Crippen molar-refractivity contribution in [3.63, 3.8) is 0 Å². The summed E-state index contributed by atoms with van der Waals surface area (Å²) in [6.45, 7) is 3.25. The van der Waals surface area contributed by atoms with Gasteiger partial charge >= 0.3 is 6.09 Å². The molecule has 0 radical (unpaired) electrons. The normalized spacial score (nSPS) is 26.3. The maximum absolute atomic E-state index is 12.2. The van der Waals surface area contributed by atoms with E-state index in [2.05, 4.69) is 0 Å². The molecule has 0 bridgehead atoms. The van der Waals surface area contributed by atoms with Gasteiger partial charge < -0.3 is 14.4 Å². The predicted octanol–water partition coefficient (Wildman–Crippen LogP) is 1.08. The number of hydrogen-bond donors (Lipinski definition) is 0. The second kappa shape index (κ2) is 5.88. The number of hydrogen-bond acceptors (Lipinski definition) is 7. The first kappa shape index (κ1) is 17.5. The quantitative estimate of drug-likeness (QED) is 0.734. The molecule has 2 amide bonds. The van der Waals surface area contributed by atoms with E-state index in [9.17, 15) is 18.0 Å². The van der Waals surface area contributed by atoms with Crippen LogP contribution >= 0.6 is 0 Å². The Morgan fingerprint density at radius 2 is 1.84 bits per heavy atom. The zero-order valence-corrected chi connectivity index (χ0v) is 14.9. The number of rotatable bonds is 3. The van der Waals surface area contributed by atoms with Crippen molar-refractivity contribution < 1.29 is 31.7 Å². The molecule has 1 aromatic rings. The van der Waals surface area contributed by atoms with Crippen molar-refractivity contribution in [2.24, 2.45) is 0 Å². The monoisotopic (exact) mass is 370 g/mol.